The van der Waals surface area contributed by atoms with Gasteiger partial charge in [0.05, 0.1) is 13.2 Å². The summed E-state index contributed by atoms with van der Waals surface area (Å²) in [4.78, 5) is 13.1. The summed E-state index contributed by atoms with van der Waals surface area (Å²) in [6.07, 6.45) is 1.56. The van der Waals surface area contributed by atoms with Crippen molar-refractivity contribution in [1.82, 2.24) is 9.97 Å². The molecule has 1 aromatic heterocycles. The molecule has 4 rings (SSSR count). The van der Waals surface area contributed by atoms with Crippen molar-refractivity contribution in [1.29, 1.82) is 0 Å². The van der Waals surface area contributed by atoms with E-state index < -0.39 is 0 Å². The summed E-state index contributed by atoms with van der Waals surface area (Å²) >= 11 is 0. The van der Waals surface area contributed by atoms with E-state index in [2.05, 4.69) is 66.8 Å². The van der Waals surface area contributed by atoms with Crippen LogP contribution in [0.5, 0.6) is 0 Å². The normalized spacial score (nSPS) is 13.8. The Labute approximate surface area is 171 Å². The molecule has 7 heteroatoms. The second kappa shape index (κ2) is 8.79. The number of aromatic nitrogens is 2. The number of rotatable bonds is 6. The summed E-state index contributed by atoms with van der Waals surface area (Å²) in [5, 5.41) is 6.69. The molecule has 3 aromatic rings. The van der Waals surface area contributed by atoms with Crippen molar-refractivity contribution < 1.29 is 4.74 Å². The van der Waals surface area contributed by atoms with Crippen LogP contribution in [0.2, 0.25) is 0 Å². The topological polar surface area (TPSA) is 65.5 Å². The third-order valence-electron chi connectivity index (χ3n) is 4.82. The quantitative estimate of drug-likeness (QED) is 0.662. The molecule has 0 spiro atoms. The summed E-state index contributed by atoms with van der Waals surface area (Å²) in [6, 6.07) is 18.5. The predicted molar refractivity (Wildman–Crippen MR) is 119 cm³/mol. The van der Waals surface area contributed by atoms with Crippen LogP contribution < -0.4 is 20.4 Å². The molecule has 1 aliphatic heterocycles. The Morgan fingerprint density at radius 3 is 2.24 bits per heavy atom. The molecular formula is C22H26N6O. The summed E-state index contributed by atoms with van der Waals surface area (Å²) in [7, 11) is 4.05. The monoisotopic (exact) mass is 390 g/mol. The standard InChI is InChI=1S/C22H26N6O/c1-27(2)20-5-3-4-18(14-20)26-22-15-21(23-16-24-22)25-17-6-8-19(9-7-17)28-10-12-29-13-11-28/h3-9,14-16H,10-13H2,1-2H3,(H2,23,24,25,26). The number of anilines is 6. The number of hydrogen-bond acceptors (Lipinski definition) is 7. The zero-order valence-corrected chi connectivity index (χ0v) is 16.8. The van der Waals surface area contributed by atoms with Crippen LogP contribution in [0.1, 0.15) is 0 Å². The van der Waals surface area contributed by atoms with Gasteiger partial charge >= 0.3 is 0 Å². The van der Waals surface area contributed by atoms with Crippen LogP contribution in [0.4, 0.5) is 34.4 Å². The fraction of sp³-hybridized carbons (Fsp3) is 0.273. The SMILES string of the molecule is CN(C)c1cccc(Nc2cc(Nc3ccc(N4CCOCC4)cc3)ncn2)c1. The van der Waals surface area contributed by atoms with Gasteiger partial charge in [-0.3, -0.25) is 0 Å². The zero-order valence-electron chi connectivity index (χ0n) is 16.8. The highest BCUT2D eigenvalue weighted by Gasteiger charge is 2.11. The molecule has 29 heavy (non-hydrogen) atoms. The molecule has 0 aliphatic carbocycles. The maximum atomic E-state index is 5.42. The molecule has 2 N–H and O–H groups in total. The third kappa shape index (κ3) is 4.94. The van der Waals surface area contributed by atoms with Gasteiger partial charge in [0.2, 0.25) is 0 Å². The van der Waals surface area contributed by atoms with Gasteiger partial charge in [-0.25, -0.2) is 9.97 Å². The summed E-state index contributed by atoms with van der Waals surface area (Å²) in [5.74, 6) is 1.48. The van der Waals surface area contributed by atoms with Crippen molar-refractivity contribution in [2.75, 3.05) is 60.8 Å². The van der Waals surface area contributed by atoms with Crippen molar-refractivity contribution >= 4 is 34.4 Å². The van der Waals surface area contributed by atoms with E-state index in [0.717, 1.165) is 55.0 Å². The molecule has 0 saturated carbocycles. The van der Waals surface area contributed by atoms with Gasteiger partial charge in [-0.2, -0.15) is 0 Å². The van der Waals surface area contributed by atoms with Crippen molar-refractivity contribution in [3.8, 4) is 0 Å². The highest BCUT2D eigenvalue weighted by Crippen LogP contribution is 2.24. The second-order valence-electron chi connectivity index (χ2n) is 7.13. The average molecular weight is 390 g/mol. The van der Waals surface area contributed by atoms with Gasteiger partial charge in [0.25, 0.3) is 0 Å². The number of benzene rings is 2. The average Bonchev–Trinajstić information content (AvgIpc) is 2.75. The van der Waals surface area contributed by atoms with Crippen LogP contribution in [-0.2, 0) is 4.74 Å². The second-order valence-corrected chi connectivity index (χ2v) is 7.13. The molecule has 1 saturated heterocycles. The van der Waals surface area contributed by atoms with Crippen LogP contribution in [0, 0.1) is 0 Å². The molecule has 7 nitrogen and oxygen atoms in total. The van der Waals surface area contributed by atoms with Crippen molar-refractivity contribution in [3.05, 3.63) is 60.9 Å². The van der Waals surface area contributed by atoms with Gasteiger partial charge < -0.3 is 25.2 Å². The van der Waals surface area contributed by atoms with E-state index in [4.69, 9.17) is 4.74 Å². The van der Waals surface area contributed by atoms with Crippen LogP contribution >= 0.6 is 0 Å². The van der Waals surface area contributed by atoms with Crippen molar-refractivity contribution in [2.45, 2.75) is 0 Å². The molecule has 0 radical (unpaired) electrons. The van der Waals surface area contributed by atoms with Crippen molar-refractivity contribution in [2.24, 2.45) is 0 Å². The van der Waals surface area contributed by atoms with E-state index in [-0.39, 0.29) is 0 Å². The minimum atomic E-state index is 0.739. The van der Waals surface area contributed by atoms with Crippen LogP contribution in [0.3, 0.4) is 0 Å². The highest BCUT2D eigenvalue weighted by atomic mass is 16.5. The lowest BCUT2D eigenvalue weighted by Crippen LogP contribution is -2.36. The molecular weight excluding hydrogens is 364 g/mol. The first kappa shape index (κ1) is 19.0. The molecule has 0 amide bonds. The van der Waals surface area contributed by atoms with Gasteiger partial charge in [-0.15, -0.1) is 0 Å². The molecule has 1 aliphatic rings. The van der Waals surface area contributed by atoms with E-state index in [1.165, 1.54) is 5.69 Å². The first-order chi connectivity index (χ1) is 14.2. The Morgan fingerprint density at radius 2 is 1.55 bits per heavy atom. The molecule has 0 atom stereocenters. The Bertz CT molecular complexity index is 938. The summed E-state index contributed by atoms with van der Waals surface area (Å²) < 4.78 is 5.42. The van der Waals surface area contributed by atoms with E-state index in [0.29, 0.717) is 0 Å². The minimum absolute atomic E-state index is 0.739. The van der Waals surface area contributed by atoms with Crippen LogP contribution in [0.25, 0.3) is 0 Å². The number of hydrogen-bond donors (Lipinski definition) is 2. The van der Waals surface area contributed by atoms with E-state index in [1.54, 1.807) is 6.33 Å². The Balaban J connectivity index is 1.43. The zero-order chi connectivity index (χ0) is 20.1. The van der Waals surface area contributed by atoms with E-state index in [1.807, 2.05) is 32.3 Å². The largest absolute Gasteiger partial charge is 0.378 e. The van der Waals surface area contributed by atoms with Gasteiger partial charge in [0.15, 0.2) is 0 Å². The Morgan fingerprint density at radius 1 is 0.862 bits per heavy atom. The molecule has 0 unspecified atom stereocenters. The number of ether oxygens (including phenoxy) is 1. The molecule has 0 bridgehead atoms. The smallest absolute Gasteiger partial charge is 0.135 e. The Kier molecular flexibility index (Phi) is 5.76. The lowest BCUT2D eigenvalue weighted by Gasteiger charge is -2.28. The lowest BCUT2D eigenvalue weighted by molar-refractivity contribution is 0.122. The summed E-state index contributed by atoms with van der Waals surface area (Å²) in [5.41, 5.74) is 4.31. The molecule has 2 heterocycles. The lowest BCUT2D eigenvalue weighted by atomic mass is 10.2. The third-order valence-corrected chi connectivity index (χ3v) is 4.82. The maximum Gasteiger partial charge on any atom is 0.135 e. The summed E-state index contributed by atoms with van der Waals surface area (Å²) in [6.45, 7) is 3.44. The minimum Gasteiger partial charge on any atom is -0.378 e. The van der Waals surface area contributed by atoms with Gasteiger partial charge in [0, 0.05) is 56.0 Å². The fourth-order valence-electron chi connectivity index (χ4n) is 3.23. The maximum absolute atomic E-state index is 5.42. The molecule has 2 aromatic carbocycles. The van der Waals surface area contributed by atoms with Crippen LogP contribution in [0.15, 0.2) is 60.9 Å². The Hall–Kier alpha value is -3.32. The number of nitrogens with one attached hydrogen (secondary N) is 2. The molecule has 1 fully saturated rings. The highest BCUT2D eigenvalue weighted by molar-refractivity contribution is 5.66. The number of nitrogens with zero attached hydrogens (tertiary/aromatic N) is 4. The van der Waals surface area contributed by atoms with Gasteiger partial charge in [-0.05, 0) is 42.5 Å². The van der Waals surface area contributed by atoms with Crippen LogP contribution in [-0.4, -0.2) is 50.4 Å². The fourth-order valence-corrected chi connectivity index (χ4v) is 3.23. The predicted octanol–water partition coefficient (Wildman–Crippen LogP) is 3.87. The van der Waals surface area contributed by atoms with E-state index in [9.17, 15) is 0 Å². The molecule has 150 valence electrons. The van der Waals surface area contributed by atoms with E-state index >= 15 is 0 Å². The first-order valence-corrected chi connectivity index (χ1v) is 9.74. The first-order valence-electron chi connectivity index (χ1n) is 9.74. The van der Waals surface area contributed by atoms with Gasteiger partial charge in [-0.1, -0.05) is 6.07 Å². The number of morpholine rings is 1. The van der Waals surface area contributed by atoms with Gasteiger partial charge in [0.1, 0.15) is 18.0 Å². The van der Waals surface area contributed by atoms with Crippen molar-refractivity contribution in [3.63, 3.8) is 0 Å².